The van der Waals surface area contributed by atoms with Crippen LogP contribution in [0.1, 0.15) is 28.4 Å². The molecule has 2 rings (SSSR count). The summed E-state index contributed by atoms with van der Waals surface area (Å²) in [5.41, 5.74) is 3.06. The molecule has 1 amide bonds. The molecular formula is C18H19NO. The standard InChI is InChI=1S/C18H19NO/c1-14-7-6-8-16(13-14)12-11-15(2)19-18(20)17-9-4-3-5-10-17/h3-13,15H,1-2H3,(H,19,20)/b12-11+/t15-/m1/s1. The van der Waals surface area contributed by atoms with Crippen molar-refractivity contribution < 1.29 is 4.79 Å². The Morgan fingerprint density at radius 2 is 1.85 bits per heavy atom. The summed E-state index contributed by atoms with van der Waals surface area (Å²) in [6.45, 7) is 4.03. The molecule has 0 aromatic heterocycles. The van der Waals surface area contributed by atoms with Gasteiger partial charge in [-0.25, -0.2) is 0 Å². The monoisotopic (exact) mass is 265 g/mol. The van der Waals surface area contributed by atoms with E-state index >= 15 is 0 Å². The molecule has 0 fully saturated rings. The zero-order valence-corrected chi connectivity index (χ0v) is 11.8. The van der Waals surface area contributed by atoms with E-state index in [0.29, 0.717) is 5.56 Å². The highest BCUT2D eigenvalue weighted by Gasteiger charge is 2.06. The molecule has 2 aromatic carbocycles. The van der Waals surface area contributed by atoms with Crippen molar-refractivity contribution in [3.63, 3.8) is 0 Å². The number of hydrogen-bond acceptors (Lipinski definition) is 1. The van der Waals surface area contributed by atoms with Crippen molar-refractivity contribution in [2.75, 3.05) is 0 Å². The molecule has 0 bridgehead atoms. The summed E-state index contributed by atoms with van der Waals surface area (Å²) in [6.07, 6.45) is 4.03. The number of nitrogens with one attached hydrogen (secondary N) is 1. The number of benzene rings is 2. The van der Waals surface area contributed by atoms with Crippen molar-refractivity contribution in [1.82, 2.24) is 5.32 Å². The van der Waals surface area contributed by atoms with Crippen molar-refractivity contribution in [3.8, 4) is 0 Å². The molecule has 0 spiro atoms. The number of carbonyl (C=O) groups is 1. The van der Waals surface area contributed by atoms with Crippen LogP contribution in [0.5, 0.6) is 0 Å². The molecule has 0 heterocycles. The number of carbonyl (C=O) groups excluding carboxylic acids is 1. The van der Waals surface area contributed by atoms with Crippen LogP contribution in [0.3, 0.4) is 0 Å². The second-order valence-electron chi connectivity index (χ2n) is 4.90. The van der Waals surface area contributed by atoms with Crippen LogP contribution in [0.4, 0.5) is 0 Å². The van der Waals surface area contributed by atoms with Gasteiger partial charge in [-0.3, -0.25) is 4.79 Å². The minimum Gasteiger partial charge on any atom is -0.346 e. The highest BCUT2D eigenvalue weighted by atomic mass is 16.1. The van der Waals surface area contributed by atoms with Gasteiger partial charge >= 0.3 is 0 Å². The first-order valence-electron chi connectivity index (χ1n) is 6.76. The van der Waals surface area contributed by atoms with Gasteiger partial charge in [0.2, 0.25) is 0 Å². The van der Waals surface area contributed by atoms with E-state index in [1.54, 1.807) is 0 Å². The summed E-state index contributed by atoms with van der Waals surface area (Å²) in [4.78, 5) is 12.0. The molecule has 2 aromatic rings. The van der Waals surface area contributed by atoms with Gasteiger partial charge in [0.05, 0.1) is 0 Å². The summed E-state index contributed by atoms with van der Waals surface area (Å²) in [5.74, 6) is -0.0491. The van der Waals surface area contributed by atoms with E-state index in [0.717, 1.165) is 5.56 Å². The van der Waals surface area contributed by atoms with E-state index in [4.69, 9.17) is 0 Å². The highest BCUT2D eigenvalue weighted by Crippen LogP contribution is 2.06. The number of rotatable bonds is 4. The van der Waals surface area contributed by atoms with Gasteiger partial charge in [0.25, 0.3) is 5.91 Å². The Bertz CT molecular complexity index is 602. The fraction of sp³-hybridized carbons (Fsp3) is 0.167. The van der Waals surface area contributed by atoms with Gasteiger partial charge in [-0.2, -0.15) is 0 Å². The molecule has 2 nitrogen and oxygen atoms in total. The van der Waals surface area contributed by atoms with Gasteiger partial charge in [0, 0.05) is 11.6 Å². The molecule has 0 unspecified atom stereocenters. The van der Waals surface area contributed by atoms with Crippen LogP contribution in [0.25, 0.3) is 6.08 Å². The molecule has 0 aliphatic carbocycles. The molecule has 0 aliphatic rings. The first-order chi connectivity index (χ1) is 9.65. The fourth-order valence-electron chi connectivity index (χ4n) is 1.96. The Morgan fingerprint density at radius 3 is 2.55 bits per heavy atom. The zero-order valence-electron chi connectivity index (χ0n) is 11.8. The molecule has 0 aliphatic heterocycles. The zero-order chi connectivity index (χ0) is 14.4. The Morgan fingerprint density at radius 1 is 1.10 bits per heavy atom. The molecular weight excluding hydrogens is 246 g/mol. The second-order valence-corrected chi connectivity index (χ2v) is 4.90. The van der Waals surface area contributed by atoms with Gasteiger partial charge in [-0.15, -0.1) is 0 Å². The van der Waals surface area contributed by atoms with E-state index in [-0.39, 0.29) is 11.9 Å². The Labute approximate surface area is 120 Å². The number of amides is 1. The van der Waals surface area contributed by atoms with E-state index in [2.05, 4.69) is 30.4 Å². The topological polar surface area (TPSA) is 29.1 Å². The van der Waals surface area contributed by atoms with Crippen LogP contribution in [-0.4, -0.2) is 11.9 Å². The predicted octanol–water partition coefficient (Wildman–Crippen LogP) is 3.83. The minimum absolute atomic E-state index is 0.0109. The SMILES string of the molecule is Cc1cccc(/C=C/[C@@H](C)NC(=O)c2ccccc2)c1. The number of aryl methyl sites for hydroxylation is 1. The quantitative estimate of drug-likeness (QED) is 0.894. The lowest BCUT2D eigenvalue weighted by Gasteiger charge is -2.09. The summed E-state index contributed by atoms with van der Waals surface area (Å²) in [7, 11) is 0. The minimum atomic E-state index is -0.0491. The molecule has 0 radical (unpaired) electrons. The van der Waals surface area contributed by atoms with Crippen molar-refractivity contribution in [2.45, 2.75) is 19.9 Å². The van der Waals surface area contributed by atoms with Crippen molar-refractivity contribution in [1.29, 1.82) is 0 Å². The average Bonchev–Trinajstić information content (AvgIpc) is 2.46. The van der Waals surface area contributed by atoms with E-state index in [1.165, 1.54) is 5.56 Å². The van der Waals surface area contributed by atoms with Gasteiger partial charge in [-0.1, -0.05) is 60.2 Å². The van der Waals surface area contributed by atoms with Crippen LogP contribution in [0, 0.1) is 6.92 Å². The lowest BCUT2D eigenvalue weighted by molar-refractivity contribution is 0.0947. The molecule has 2 heteroatoms. The van der Waals surface area contributed by atoms with Crippen molar-refractivity contribution in [3.05, 3.63) is 77.4 Å². The fourth-order valence-corrected chi connectivity index (χ4v) is 1.96. The van der Waals surface area contributed by atoms with Crippen molar-refractivity contribution in [2.24, 2.45) is 0 Å². The molecule has 1 atom stereocenters. The third-order valence-corrected chi connectivity index (χ3v) is 3.01. The van der Waals surface area contributed by atoms with Crippen LogP contribution < -0.4 is 5.32 Å². The van der Waals surface area contributed by atoms with E-state index < -0.39 is 0 Å². The molecule has 20 heavy (non-hydrogen) atoms. The van der Waals surface area contributed by atoms with E-state index in [9.17, 15) is 4.79 Å². The molecule has 0 saturated carbocycles. The molecule has 102 valence electrons. The maximum Gasteiger partial charge on any atom is 0.251 e. The van der Waals surface area contributed by atoms with Crippen LogP contribution >= 0.6 is 0 Å². The smallest absolute Gasteiger partial charge is 0.251 e. The maximum absolute atomic E-state index is 12.0. The normalized spacial score (nSPS) is 12.3. The van der Waals surface area contributed by atoms with E-state index in [1.807, 2.05) is 55.5 Å². The first kappa shape index (κ1) is 14.1. The third-order valence-electron chi connectivity index (χ3n) is 3.01. The summed E-state index contributed by atoms with van der Waals surface area (Å²) in [5, 5.41) is 2.96. The summed E-state index contributed by atoms with van der Waals surface area (Å²) < 4.78 is 0. The lowest BCUT2D eigenvalue weighted by atomic mass is 10.1. The lowest BCUT2D eigenvalue weighted by Crippen LogP contribution is -2.30. The third kappa shape index (κ3) is 4.09. The summed E-state index contributed by atoms with van der Waals surface area (Å²) >= 11 is 0. The van der Waals surface area contributed by atoms with Gasteiger partial charge in [-0.05, 0) is 31.5 Å². The Balaban J connectivity index is 1.96. The van der Waals surface area contributed by atoms with Gasteiger partial charge in [0.1, 0.15) is 0 Å². The number of hydrogen-bond donors (Lipinski definition) is 1. The predicted molar refractivity (Wildman–Crippen MR) is 83.6 cm³/mol. The van der Waals surface area contributed by atoms with Gasteiger partial charge in [0.15, 0.2) is 0 Å². The highest BCUT2D eigenvalue weighted by molar-refractivity contribution is 5.94. The summed E-state index contributed by atoms with van der Waals surface area (Å²) in [6, 6.07) is 17.5. The first-order valence-corrected chi connectivity index (χ1v) is 6.76. The Hall–Kier alpha value is -2.35. The van der Waals surface area contributed by atoms with Crippen LogP contribution in [0.2, 0.25) is 0 Å². The average molecular weight is 265 g/mol. The molecule has 0 saturated heterocycles. The van der Waals surface area contributed by atoms with Crippen LogP contribution in [-0.2, 0) is 0 Å². The Kier molecular flexibility index (Phi) is 4.72. The maximum atomic E-state index is 12.0. The molecule has 1 N–H and O–H groups in total. The van der Waals surface area contributed by atoms with Crippen LogP contribution in [0.15, 0.2) is 60.7 Å². The second kappa shape index (κ2) is 6.71. The largest absolute Gasteiger partial charge is 0.346 e. The van der Waals surface area contributed by atoms with Crippen molar-refractivity contribution >= 4 is 12.0 Å². The van der Waals surface area contributed by atoms with Gasteiger partial charge < -0.3 is 5.32 Å².